The molecule has 1 aliphatic heterocycles. The number of halogens is 3. The Morgan fingerprint density at radius 3 is 1.59 bits per heavy atom. The summed E-state index contributed by atoms with van der Waals surface area (Å²) in [6.45, 7) is 18.6. The van der Waals surface area contributed by atoms with Gasteiger partial charge in [0.25, 0.3) is 0 Å². The molecule has 1 radical (unpaired) electrons. The van der Waals surface area contributed by atoms with Crippen LogP contribution in [0.2, 0.25) is 0 Å². The number of hydrogen-bond acceptors (Lipinski definition) is 5. The Labute approximate surface area is 416 Å². The van der Waals surface area contributed by atoms with Crippen LogP contribution in [0.4, 0.5) is 19.0 Å². The molecule has 351 valence electrons. The molecule has 3 aromatic heterocycles. The summed E-state index contributed by atoms with van der Waals surface area (Å²) in [6.07, 6.45) is 4.08. The molecule has 0 saturated carbocycles. The minimum Gasteiger partial charge on any atom is -0.508 e. The Morgan fingerprint density at radius 2 is 1.09 bits per heavy atom. The number of nitrogens with zero attached hydrogens (tertiary/aromatic N) is 4. The van der Waals surface area contributed by atoms with Crippen molar-refractivity contribution in [2.45, 2.75) is 66.2 Å². The number of furan rings is 1. The van der Waals surface area contributed by atoms with E-state index in [2.05, 4.69) is 109 Å². The first-order chi connectivity index (χ1) is 32.8. The van der Waals surface area contributed by atoms with Crippen LogP contribution in [-0.4, -0.2) is 21.4 Å². The third-order valence-corrected chi connectivity index (χ3v) is 12.2. The van der Waals surface area contributed by atoms with Gasteiger partial charge in [0.2, 0.25) is 0 Å². The first kappa shape index (κ1) is 48.6. The number of benzene rings is 6. The van der Waals surface area contributed by atoms with E-state index in [1.54, 1.807) is 18.2 Å². The van der Waals surface area contributed by atoms with Gasteiger partial charge in [0, 0.05) is 48.3 Å². The molecule has 4 heterocycles. The van der Waals surface area contributed by atoms with E-state index in [0.29, 0.717) is 40.3 Å². The van der Waals surface area contributed by atoms with Gasteiger partial charge >= 0.3 is 0 Å². The van der Waals surface area contributed by atoms with Gasteiger partial charge in [-0.2, -0.15) is 0 Å². The second-order valence-corrected chi connectivity index (χ2v) is 18.0. The third-order valence-electron chi connectivity index (χ3n) is 12.2. The van der Waals surface area contributed by atoms with Crippen LogP contribution in [0.25, 0.3) is 78.0 Å². The van der Waals surface area contributed by atoms with Gasteiger partial charge in [0.15, 0.2) is 0 Å². The molecule has 0 N–H and O–H groups in total. The molecule has 0 unspecified atom stereocenters. The maximum absolute atomic E-state index is 13.7. The molecule has 0 amide bonds. The van der Waals surface area contributed by atoms with Gasteiger partial charge < -0.3 is 19.2 Å². The molecule has 0 bridgehead atoms. The van der Waals surface area contributed by atoms with E-state index in [9.17, 15) is 13.2 Å². The minimum absolute atomic E-state index is 0. The zero-order valence-electron chi connectivity index (χ0n) is 39.5. The number of aromatic nitrogens is 2. The standard InChI is InChI=1S/C31H36FN3.C29H15F2NO.Ir/c1-8-34-13-14-35(19-34)30-18-25(17-29(33-30)23-9-11-26(32)12-10-23)31-27(21(4)5)15-24(20(2)3)16-28(31)22(6)7;30-22-10-5-18(6-11-22)26-15-21(16-27(32-26)19-7-12-23(31)13-8-19)20-9-14-25-24-3-1-2-4-28(24)33-29(25)17-20;/h9,11-22H,8H2,1-7H3;1-5,7,9-17H;/q2*-2;. The van der Waals surface area contributed by atoms with Gasteiger partial charge in [-0.1, -0.05) is 103 Å². The first-order valence-electron chi connectivity index (χ1n) is 23.1. The quantitative estimate of drug-likeness (QED) is 0.128. The normalized spacial score (nSPS) is 12.4. The molecule has 10 rings (SSSR count). The summed E-state index contributed by atoms with van der Waals surface area (Å²) in [5.41, 5.74) is 14.1. The molecular formula is C60H51F3IrN4O-4. The minimum atomic E-state index is -0.364. The van der Waals surface area contributed by atoms with E-state index in [-0.39, 0.29) is 37.6 Å². The average Bonchev–Trinajstić information content (AvgIpc) is 3.99. The maximum Gasteiger partial charge on any atom is 0.136 e. The molecule has 0 saturated heterocycles. The molecule has 1 aliphatic rings. The molecule has 9 heteroatoms. The van der Waals surface area contributed by atoms with Crippen molar-refractivity contribution in [2.24, 2.45) is 0 Å². The van der Waals surface area contributed by atoms with Crippen molar-refractivity contribution in [3.8, 4) is 56.0 Å². The van der Waals surface area contributed by atoms with Gasteiger partial charge in [-0.15, -0.1) is 96.2 Å². The fraction of sp³-hybridized carbons (Fsp3) is 0.183. The van der Waals surface area contributed by atoms with Crippen molar-refractivity contribution in [1.82, 2.24) is 14.9 Å². The van der Waals surface area contributed by atoms with Crippen LogP contribution in [0.3, 0.4) is 0 Å². The van der Waals surface area contributed by atoms with Gasteiger partial charge in [-0.3, -0.25) is 18.2 Å². The van der Waals surface area contributed by atoms with Crippen molar-refractivity contribution < 1.29 is 37.7 Å². The van der Waals surface area contributed by atoms with Gasteiger partial charge in [-0.25, -0.2) is 0 Å². The summed E-state index contributed by atoms with van der Waals surface area (Å²) < 4.78 is 46.6. The van der Waals surface area contributed by atoms with E-state index in [1.165, 1.54) is 58.7 Å². The molecule has 0 fully saturated rings. The van der Waals surface area contributed by atoms with Crippen molar-refractivity contribution >= 4 is 27.8 Å². The second-order valence-electron chi connectivity index (χ2n) is 18.0. The fourth-order valence-electron chi connectivity index (χ4n) is 8.51. The Kier molecular flexibility index (Phi) is 14.7. The molecule has 0 atom stereocenters. The van der Waals surface area contributed by atoms with Crippen LogP contribution >= 0.6 is 0 Å². The second kappa shape index (κ2) is 20.8. The number of fused-ring (bicyclic) bond motifs is 3. The van der Waals surface area contributed by atoms with Crippen molar-refractivity contribution in [3.63, 3.8) is 0 Å². The molecule has 5 nitrogen and oxygen atoms in total. The smallest absolute Gasteiger partial charge is 0.136 e. The molecule has 9 aromatic rings. The van der Waals surface area contributed by atoms with E-state index in [1.807, 2.05) is 65.7 Å². The molecule has 69 heavy (non-hydrogen) atoms. The summed E-state index contributed by atoms with van der Waals surface area (Å²) in [5.74, 6) is 1.00. The Hall–Kier alpha value is -6.80. The van der Waals surface area contributed by atoms with Crippen LogP contribution in [0, 0.1) is 42.3 Å². The number of rotatable bonds is 10. The van der Waals surface area contributed by atoms with Crippen molar-refractivity contribution in [1.29, 1.82) is 0 Å². The van der Waals surface area contributed by atoms with Crippen LogP contribution in [0.15, 0.2) is 150 Å². The van der Waals surface area contributed by atoms with E-state index in [4.69, 9.17) is 14.4 Å². The monoisotopic (exact) mass is 1090 g/mol. The Morgan fingerprint density at radius 1 is 0.551 bits per heavy atom. The van der Waals surface area contributed by atoms with Gasteiger partial charge in [-0.05, 0) is 117 Å². The predicted octanol–water partition coefficient (Wildman–Crippen LogP) is 16.3. The van der Waals surface area contributed by atoms with Gasteiger partial charge in [0.1, 0.15) is 11.2 Å². The number of anilines is 1. The van der Waals surface area contributed by atoms with E-state index in [0.717, 1.165) is 62.2 Å². The molecule has 0 spiro atoms. The summed E-state index contributed by atoms with van der Waals surface area (Å²) in [4.78, 5) is 13.9. The fourth-order valence-corrected chi connectivity index (χ4v) is 8.51. The molecule has 0 aliphatic carbocycles. The summed E-state index contributed by atoms with van der Waals surface area (Å²) in [6, 6.07) is 49.1. The maximum atomic E-state index is 13.7. The topological polar surface area (TPSA) is 45.4 Å². The summed E-state index contributed by atoms with van der Waals surface area (Å²) in [5, 5.41) is 2.11. The summed E-state index contributed by atoms with van der Waals surface area (Å²) >= 11 is 0. The summed E-state index contributed by atoms with van der Waals surface area (Å²) in [7, 11) is 0. The molecular weight excluding hydrogens is 1040 g/mol. The Bertz CT molecular complexity index is 3180. The van der Waals surface area contributed by atoms with Crippen LogP contribution < -0.4 is 4.90 Å². The largest absolute Gasteiger partial charge is 0.508 e. The number of pyridine rings is 2. The van der Waals surface area contributed by atoms with E-state index >= 15 is 0 Å². The van der Waals surface area contributed by atoms with E-state index < -0.39 is 0 Å². The van der Waals surface area contributed by atoms with Crippen molar-refractivity contribution in [3.05, 3.63) is 205 Å². The first-order valence-corrected chi connectivity index (χ1v) is 23.1. The zero-order valence-corrected chi connectivity index (χ0v) is 41.9. The Balaban J connectivity index is 0.000000184. The predicted molar refractivity (Wildman–Crippen MR) is 270 cm³/mol. The van der Waals surface area contributed by atoms with Crippen molar-refractivity contribution in [2.75, 3.05) is 11.4 Å². The van der Waals surface area contributed by atoms with Gasteiger partial charge in [0.05, 0.1) is 5.82 Å². The SMILES string of the molecule is CCN1C=CN(c2cc(-c3c(C(C)C)cc(C(C)C)cc3C(C)C)cc(-c3[c-]cc(F)cc3)n2)[CH-]1.Fc1c[c-]c(-c2cc(-c3ccc4c(c3)oc3ccccc34)cc(-c3[c-]cc(F)cc3)n2)cc1.[Ir]. The third kappa shape index (κ3) is 10.6. The average molecular weight is 1090 g/mol. The van der Waals surface area contributed by atoms with Crippen LogP contribution in [0.5, 0.6) is 0 Å². The number of hydrogen-bond donors (Lipinski definition) is 0. The molecule has 6 aromatic carbocycles. The zero-order chi connectivity index (χ0) is 47.6. The number of para-hydroxylation sites is 1. The van der Waals surface area contributed by atoms with Crippen LogP contribution in [0.1, 0.15) is 82.9 Å². The van der Waals surface area contributed by atoms with Crippen LogP contribution in [-0.2, 0) is 20.1 Å².